The van der Waals surface area contributed by atoms with Gasteiger partial charge in [-0.25, -0.2) is 4.39 Å². The van der Waals surface area contributed by atoms with E-state index < -0.39 is 0 Å². The summed E-state index contributed by atoms with van der Waals surface area (Å²) in [6, 6.07) is 5.04. The van der Waals surface area contributed by atoms with Crippen molar-refractivity contribution < 1.29 is 13.9 Å². The molecule has 0 aliphatic carbocycles. The molecule has 2 aromatic rings. The summed E-state index contributed by atoms with van der Waals surface area (Å²) in [5, 5.41) is 4.24. The number of benzene rings is 1. The van der Waals surface area contributed by atoms with Gasteiger partial charge in [-0.05, 0) is 63.6 Å². The lowest BCUT2D eigenvalue weighted by Gasteiger charge is -2.34. The van der Waals surface area contributed by atoms with Gasteiger partial charge in [-0.3, -0.25) is 4.79 Å². The smallest absolute Gasteiger partial charge is 0.271 e. The fourth-order valence-electron chi connectivity index (χ4n) is 4.27. The molecular weight excluding hydrogens is 389 g/mol. The molecule has 3 rings (SSSR count). The first-order valence-electron chi connectivity index (χ1n) is 10.5. The maximum absolute atomic E-state index is 14.0. The molecule has 2 heterocycles. The van der Waals surface area contributed by atoms with Crippen LogP contribution in [0.3, 0.4) is 0 Å². The van der Waals surface area contributed by atoms with Crippen LogP contribution in [0.2, 0.25) is 0 Å². The Balaban J connectivity index is 2.04. The van der Waals surface area contributed by atoms with Crippen molar-refractivity contribution in [1.82, 2.24) is 14.8 Å². The first kappa shape index (κ1) is 22.1. The summed E-state index contributed by atoms with van der Waals surface area (Å²) >= 11 is 1.53. The minimum atomic E-state index is -0.271. The van der Waals surface area contributed by atoms with Crippen LogP contribution >= 0.6 is 11.8 Å². The largest absolute Gasteiger partial charge is 0.385 e. The molecule has 1 aliphatic rings. The van der Waals surface area contributed by atoms with Gasteiger partial charge in [0.25, 0.3) is 5.91 Å². The highest BCUT2D eigenvalue weighted by atomic mass is 32.2. The molecule has 1 atom stereocenters. The first-order chi connectivity index (χ1) is 14.1. The molecule has 0 unspecified atom stereocenters. The van der Waals surface area contributed by atoms with Crippen LogP contribution in [0, 0.1) is 5.82 Å². The van der Waals surface area contributed by atoms with Crippen LogP contribution in [0.4, 0.5) is 4.39 Å². The van der Waals surface area contributed by atoms with Gasteiger partial charge < -0.3 is 19.5 Å². The molecule has 29 heavy (non-hydrogen) atoms. The molecule has 1 amide bonds. The van der Waals surface area contributed by atoms with Crippen molar-refractivity contribution in [2.45, 2.75) is 50.1 Å². The van der Waals surface area contributed by atoms with Gasteiger partial charge in [-0.15, -0.1) is 11.8 Å². The molecule has 0 saturated carbocycles. The zero-order valence-corrected chi connectivity index (χ0v) is 18.5. The number of aryl methyl sites for hydroxylation is 1. The molecular formula is C22H32FN3O2S. The van der Waals surface area contributed by atoms with E-state index in [9.17, 15) is 9.18 Å². The Hall–Kier alpha value is -1.57. The van der Waals surface area contributed by atoms with Crippen LogP contribution in [0.15, 0.2) is 23.1 Å². The maximum atomic E-state index is 14.0. The standard InChI is InChI=1S/C22H32FN3O2S/c1-4-25(17-8-7-11-24-15-17)22(27)20-21(29-3)18-14-16(23)9-10-19(18)26(20)12-5-6-13-28-2/h9-10,14,17,24H,4-8,11-13,15H2,1-3H3/t17-/m1/s1. The third kappa shape index (κ3) is 4.78. The molecule has 1 aliphatic heterocycles. The zero-order valence-electron chi connectivity index (χ0n) is 17.7. The first-order valence-corrected chi connectivity index (χ1v) is 11.7. The minimum absolute atomic E-state index is 0.0499. The Labute approximate surface area is 177 Å². The second-order valence-electron chi connectivity index (χ2n) is 7.49. The highest BCUT2D eigenvalue weighted by Crippen LogP contribution is 2.35. The Morgan fingerprint density at radius 3 is 2.90 bits per heavy atom. The van der Waals surface area contributed by atoms with Crippen molar-refractivity contribution in [3.8, 4) is 0 Å². The Morgan fingerprint density at radius 2 is 2.24 bits per heavy atom. The van der Waals surface area contributed by atoms with E-state index in [0.29, 0.717) is 25.4 Å². The Kier molecular flexibility index (Phi) is 7.98. The lowest BCUT2D eigenvalue weighted by molar-refractivity contribution is 0.0647. The molecule has 1 aromatic carbocycles. The van der Waals surface area contributed by atoms with Crippen molar-refractivity contribution >= 4 is 28.6 Å². The second kappa shape index (κ2) is 10.5. The van der Waals surface area contributed by atoms with E-state index >= 15 is 0 Å². The van der Waals surface area contributed by atoms with E-state index in [2.05, 4.69) is 9.88 Å². The number of thioether (sulfide) groups is 1. The topological polar surface area (TPSA) is 46.5 Å². The number of hydrogen-bond acceptors (Lipinski definition) is 4. The van der Waals surface area contributed by atoms with Gasteiger partial charge in [0.15, 0.2) is 0 Å². The number of hydrogen-bond donors (Lipinski definition) is 1. The van der Waals surface area contributed by atoms with Crippen LogP contribution in [0.1, 0.15) is 43.1 Å². The van der Waals surface area contributed by atoms with Crippen LogP contribution < -0.4 is 5.32 Å². The summed E-state index contributed by atoms with van der Waals surface area (Å²) in [4.78, 5) is 16.6. The molecule has 1 aromatic heterocycles. The number of amides is 1. The second-order valence-corrected chi connectivity index (χ2v) is 8.30. The van der Waals surface area contributed by atoms with E-state index in [1.165, 1.54) is 17.8 Å². The number of nitrogens with one attached hydrogen (secondary N) is 1. The maximum Gasteiger partial charge on any atom is 0.271 e. The van der Waals surface area contributed by atoms with E-state index in [4.69, 9.17) is 4.74 Å². The monoisotopic (exact) mass is 421 g/mol. The molecule has 1 saturated heterocycles. The number of halogens is 1. The Morgan fingerprint density at radius 1 is 1.41 bits per heavy atom. The Bertz CT molecular complexity index is 833. The highest BCUT2D eigenvalue weighted by Gasteiger charge is 2.30. The predicted molar refractivity (Wildman–Crippen MR) is 117 cm³/mol. The number of aromatic nitrogens is 1. The number of ether oxygens (including phenoxy) is 1. The average Bonchev–Trinajstić information content (AvgIpc) is 3.05. The third-order valence-electron chi connectivity index (χ3n) is 5.68. The minimum Gasteiger partial charge on any atom is -0.385 e. The van der Waals surface area contributed by atoms with Gasteiger partial charge in [0, 0.05) is 55.2 Å². The van der Waals surface area contributed by atoms with Crippen LogP contribution in [0.5, 0.6) is 0 Å². The number of methoxy groups -OCH3 is 1. The lowest BCUT2D eigenvalue weighted by Crippen LogP contribution is -2.49. The fraction of sp³-hybridized carbons (Fsp3) is 0.591. The van der Waals surface area contributed by atoms with Crippen molar-refractivity contribution in [1.29, 1.82) is 0 Å². The molecule has 0 radical (unpaired) electrons. The number of fused-ring (bicyclic) bond motifs is 1. The number of rotatable bonds is 9. The third-order valence-corrected chi connectivity index (χ3v) is 6.50. The molecule has 0 bridgehead atoms. The summed E-state index contributed by atoms with van der Waals surface area (Å²) in [5.74, 6) is -0.221. The van der Waals surface area contributed by atoms with Gasteiger partial charge in [-0.1, -0.05) is 0 Å². The van der Waals surface area contributed by atoms with Crippen molar-refractivity contribution in [3.05, 3.63) is 29.7 Å². The van der Waals surface area contributed by atoms with E-state index in [-0.39, 0.29) is 17.8 Å². The van der Waals surface area contributed by atoms with Gasteiger partial charge in [-0.2, -0.15) is 0 Å². The van der Waals surface area contributed by atoms with Crippen LogP contribution in [-0.4, -0.2) is 61.0 Å². The molecule has 1 fully saturated rings. The number of likely N-dealkylation sites (N-methyl/N-ethyl adjacent to an activating group) is 1. The summed E-state index contributed by atoms with van der Waals surface area (Å²) < 4.78 is 21.3. The zero-order chi connectivity index (χ0) is 20.8. The van der Waals surface area contributed by atoms with Crippen molar-refractivity contribution in [3.63, 3.8) is 0 Å². The van der Waals surface area contributed by atoms with Crippen molar-refractivity contribution in [2.24, 2.45) is 0 Å². The molecule has 160 valence electrons. The van der Waals surface area contributed by atoms with Crippen LogP contribution in [-0.2, 0) is 11.3 Å². The van der Waals surface area contributed by atoms with Gasteiger partial charge >= 0.3 is 0 Å². The molecule has 5 nitrogen and oxygen atoms in total. The van der Waals surface area contributed by atoms with E-state index in [1.807, 2.05) is 18.1 Å². The van der Waals surface area contributed by atoms with Crippen LogP contribution in [0.25, 0.3) is 10.9 Å². The summed E-state index contributed by atoms with van der Waals surface area (Å²) in [5.41, 5.74) is 1.62. The number of unbranched alkanes of at least 4 members (excludes halogenated alkanes) is 1. The van der Waals surface area contributed by atoms with Crippen molar-refractivity contribution in [2.75, 3.05) is 39.6 Å². The number of carbonyl (C=O) groups excluding carboxylic acids is 1. The fourth-order valence-corrected chi connectivity index (χ4v) is 5.04. The predicted octanol–water partition coefficient (Wildman–Crippen LogP) is 4.14. The number of nitrogens with zero attached hydrogens (tertiary/aromatic N) is 2. The number of carbonyl (C=O) groups is 1. The SMILES string of the molecule is CCN(C(=O)c1c(SC)c2cc(F)ccc2n1CCCCOC)[C@@H]1CCCNC1. The summed E-state index contributed by atoms with van der Waals surface area (Å²) in [6.45, 7) is 5.96. The summed E-state index contributed by atoms with van der Waals surface area (Å²) in [7, 11) is 1.70. The molecule has 0 spiro atoms. The molecule has 1 N–H and O–H groups in total. The van der Waals surface area contributed by atoms with Gasteiger partial charge in [0.05, 0.1) is 0 Å². The lowest BCUT2D eigenvalue weighted by atomic mass is 10.1. The van der Waals surface area contributed by atoms with Gasteiger partial charge in [0.2, 0.25) is 0 Å². The quantitative estimate of drug-likeness (QED) is 0.488. The van der Waals surface area contributed by atoms with E-state index in [0.717, 1.165) is 54.6 Å². The average molecular weight is 422 g/mol. The summed E-state index contributed by atoms with van der Waals surface area (Å²) in [6.07, 6.45) is 5.88. The normalized spacial score (nSPS) is 17.0. The highest BCUT2D eigenvalue weighted by molar-refractivity contribution is 7.99. The van der Waals surface area contributed by atoms with Gasteiger partial charge in [0.1, 0.15) is 11.5 Å². The molecule has 7 heteroatoms. The number of piperidine rings is 1. The van der Waals surface area contributed by atoms with E-state index in [1.54, 1.807) is 19.2 Å².